The Kier molecular flexibility index (Phi) is 7.34. The number of aliphatic carboxylic acids is 1. The monoisotopic (exact) mass is 326 g/mol. The van der Waals surface area contributed by atoms with Gasteiger partial charge >= 0.3 is 5.97 Å². The Bertz CT molecular complexity index is 632. The van der Waals surface area contributed by atoms with Gasteiger partial charge in [0.25, 0.3) is 0 Å². The Hall–Kier alpha value is -2.29. The molecule has 0 radical (unpaired) electrons. The maximum absolute atomic E-state index is 10.6. The van der Waals surface area contributed by atoms with E-state index in [-0.39, 0.29) is 6.42 Å². The van der Waals surface area contributed by atoms with Gasteiger partial charge in [0.1, 0.15) is 12.4 Å². The second kappa shape index (κ2) is 9.76. The number of rotatable bonds is 10. The van der Waals surface area contributed by atoms with Gasteiger partial charge in [0.05, 0.1) is 0 Å². The molecule has 0 saturated heterocycles. The summed E-state index contributed by atoms with van der Waals surface area (Å²) in [7, 11) is 0. The molecule has 3 nitrogen and oxygen atoms in total. The molecule has 0 aromatic heterocycles. The molecule has 128 valence electrons. The van der Waals surface area contributed by atoms with Crippen LogP contribution in [0.3, 0.4) is 0 Å². The lowest BCUT2D eigenvalue weighted by atomic mass is 10.1. The zero-order valence-corrected chi connectivity index (χ0v) is 14.3. The largest absolute Gasteiger partial charge is 0.489 e. The minimum Gasteiger partial charge on any atom is -0.489 e. The summed E-state index contributed by atoms with van der Waals surface area (Å²) >= 11 is 0. The van der Waals surface area contributed by atoms with Crippen molar-refractivity contribution in [2.45, 2.75) is 52.1 Å². The first-order valence-corrected chi connectivity index (χ1v) is 8.68. The molecule has 2 aromatic rings. The van der Waals surface area contributed by atoms with Crippen molar-refractivity contribution in [1.82, 2.24) is 0 Å². The van der Waals surface area contributed by atoms with E-state index in [9.17, 15) is 4.79 Å². The zero-order valence-electron chi connectivity index (χ0n) is 14.3. The van der Waals surface area contributed by atoms with Crippen LogP contribution in [0, 0.1) is 0 Å². The van der Waals surface area contributed by atoms with Crippen molar-refractivity contribution in [3.8, 4) is 5.75 Å². The molecule has 0 spiro atoms. The summed E-state index contributed by atoms with van der Waals surface area (Å²) in [6.45, 7) is 2.74. The van der Waals surface area contributed by atoms with Gasteiger partial charge in [-0.25, -0.2) is 0 Å². The summed E-state index contributed by atoms with van der Waals surface area (Å²) in [4.78, 5) is 10.6. The number of carboxylic acids is 1. The molecule has 0 heterocycles. The van der Waals surface area contributed by atoms with Gasteiger partial charge in [-0.3, -0.25) is 4.79 Å². The molecule has 0 aliphatic heterocycles. The first-order chi connectivity index (χ1) is 11.7. The lowest BCUT2D eigenvalue weighted by molar-refractivity contribution is -0.136. The molecular weight excluding hydrogens is 300 g/mol. The standard InChI is InChI=1S/C21H26O3/c1-2-3-4-6-17-9-11-19(12-10-17)16-24-20-8-5-7-18(15-20)13-14-21(22)23/h5,7-12,15H,2-4,6,13-14,16H2,1H3,(H,22,23). The minimum absolute atomic E-state index is 0.142. The van der Waals surface area contributed by atoms with Crippen LogP contribution in [0.1, 0.15) is 49.3 Å². The van der Waals surface area contributed by atoms with Crippen LogP contribution >= 0.6 is 0 Å². The summed E-state index contributed by atoms with van der Waals surface area (Å²) in [5.41, 5.74) is 3.51. The Morgan fingerprint density at radius 2 is 1.71 bits per heavy atom. The second-order valence-corrected chi connectivity index (χ2v) is 6.10. The normalized spacial score (nSPS) is 10.5. The van der Waals surface area contributed by atoms with E-state index in [0.29, 0.717) is 13.0 Å². The topological polar surface area (TPSA) is 46.5 Å². The fourth-order valence-corrected chi connectivity index (χ4v) is 2.59. The number of hydrogen-bond acceptors (Lipinski definition) is 2. The van der Waals surface area contributed by atoms with E-state index in [2.05, 4.69) is 31.2 Å². The van der Waals surface area contributed by atoms with E-state index in [1.165, 1.54) is 24.8 Å². The van der Waals surface area contributed by atoms with Gasteiger partial charge in [-0.15, -0.1) is 0 Å². The first kappa shape index (κ1) is 18.1. The molecule has 0 amide bonds. The molecule has 0 aliphatic carbocycles. The molecule has 0 fully saturated rings. The average molecular weight is 326 g/mol. The van der Waals surface area contributed by atoms with Crippen LogP contribution in [0.25, 0.3) is 0 Å². The van der Waals surface area contributed by atoms with Gasteiger partial charge in [0.2, 0.25) is 0 Å². The molecule has 24 heavy (non-hydrogen) atoms. The smallest absolute Gasteiger partial charge is 0.303 e. The second-order valence-electron chi connectivity index (χ2n) is 6.10. The highest BCUT2D eigenvalue weighted by molar-refractivity contribution is 5.67. The van der Waals surface area contributed by atoms with Crippen molar-refractivity contribution in [2.75, 3.05) is 0 Å². The Morgan fingerprint density at radius 3 is 2.42 bits per heavy atom. The van der Waals surface area contributed by atoms with E-state index < -0.39 is 5.97 Å². The highest BCUT2D eigenvalue weighted by Crippen LogP contribution is 2.17. The van der Waals surface area contributed by atoms with Crippen LogP contribution in [0.4, 0.5) is 0 Å². The number of carboxylic acid groups (broad SMARTS) is 1. The molecule has 2 aromatic carbocycles. The highest BCUT2D eigenvalue weighted by atomic mass is 16.5. The molecule has 1 N–H and O–H groups in total. The number of hydrogen-bond donors (Lipinski definition) is 1. The first-order valence-electron chi connectivity index (χ1n) is 8.68. The predicted molar refractivity (Wildman–Crippen MR) is 96.4 cm³/mol. The van der Waals surface area contributed by atoms with Gasteiger partial charge < -0.3 is 9.84 Å². The van der Waals surface area contributed by atoms with Gasteiger partial charge in [0, 0.05) is 6.42 Å². The van der Waals surface area contributed by atoms with Crippen LogP contribution in [-0.4, -0.2) is 11.1 Å². The summed E-state index contributed by atoms with van der Waals surface area (Å²) in [5, 5.41) is 8.76. The van der Waals surface area contributed by atoms with Crippen LogP contribution < -0.4 is 4.74 Å². The van der Waals surface area contributed by atoms with Gasteiger partial charge in [0.15, 0.2) is 0 Å². The molecule has 2 rings (SSSR count). The maximum atomic E-state index is 10.6. The number of ether oxygens (including phenoxy) is 1. The predicted octanol–water partition coefficient (Wildman–Crippen LogP) is 5.02. The van der Waals surface area contributed by atoms with Gasteiger partial charge in [-0.2, -0.15) is 0 Å². The van der Waals surface area contributed by atoms with Crippen molar-refractivity contribution in [1.29, 1.82) is 0 Å². The van der Waals surface area contributed by atoms with Crippen molar-refractivity contribution >= 4 is 5.97 Å². The third-order valence-electron chi connectivity index (χ3n) is 4.02. The average Bonchev–Trinajstić information content (AvgIpc) is 2.60. The van der Waals surface area contributed by atoms with Crippen LogP contribution in [-0.2, 0) is 24.2 Å². The van der Waals surface area contributed by atoms with Crippen LogP contribution in [0.2, 0.25) is 0 Å². The summed E-state index contributed by atoms with van der Waals surface area (Å²) in [5.74, 6) is 0.00487. The van der Waals surface area contributed by atoms with E-state index in [0.717, 1.165) is 23.3 Å². The van der Waals surface area contributed by atoms with Crippen molar-refractivity contribution in [3.63, 3.8) is 0 Å². The lowest BCUT2D eigenvalue weighted by Crippen LogP contribution is -1.99. The Balaban J connectivity index is 1.84. The maximum Gasteiger partial charge on any atom is 0.303 e. The number of aryl methyl sites for hydroxylation is 2. The molecule has 0 unspecified atom stereocenters. The SMILES string of the molecule is CCCCCc1ccc(COc2cccc(CCC(=O)O)c2)cc1. The van der Waals surface area contributed by atoms with Crippen LogP contribution in [0.5, 0.6) is 5.75 Å². The van der Waals surface area contributed by atoms with Gasteiger partial charge in [-0.05, 0) is 48.1 Å². The molecule has 0 atom stereocenters. The summed E-state index contributed by atoms with van der Waals surface area (Å²) in [6.07, 6.45) is 5.58. The lowest BCUT2D eigenvalue weighted by Gasteiger charge is -2.09. The third kappa shape index (κ3) is 6.45. The molecule has 0 saturated carbocycles. The van der Waals surface area contributed by atoms with Crippen molar-refractivity contribution in [3.05, 3.63) is 65.2 Å². The third-order valence-corrected chi connectivity index (χ3v) is 4.02. The van der Waals surface area contributed by atoms with Crippen molar-refractivity contribution in [2.24, 2.45) is 0 Å². The number of unbranched alkanes of at least 4 members (excludes halogenated alkanes) is 2. The molecule has 0 bridgehead atoms. The summed E-state index contributed by atoms with van der Waals surface area (Å²) in [6, 6.07) is 16.3. The molecule has 3 heteroatoms. The Labute approximate surface area is 144 Å². The molecule has 0 aliphatic rings. The highest BCUT2D eigenvalue weighted by Gasteiger charge is 2.02. The fourth-order valence-electron chi connectivity index (χ4n) is 2.59. The van der Waals surface area contributed by atoms with E-state index >= 15 is 0 Å². The van der Waals surface area contributed by atoms with Crippen LogP contribution in [0.15, 0.2) is 48.5 Å². The minimum atomic E-state index is -0.777. The van der Waals surface area contributed by atoms with E-state index in [1.807, 2.05) is 24.3 Å². The summed E-state index contributed by atoms with van der Waals surface area (Å²) < 4.78 is 5.83. The number of benzene rings is 2. The quantitative estimate of drug-likeness (QED) is 0.624. The van der Waals surface area contributed by atoms with E-state index in [1.54, 1.807) is 0 Å². The Morgan fingerprint density at radius 1 is 0.958 bits per heavy atom. The van der Waals surface area contributed by atoms with Crippen molar-refractivity contribution < 1.29 is 14.6 Å². The molecular formula is C21H26O3. The fraction of sp³-hybridized carbons (Fsp3) is 0.381. The van der Waals surface area contributed by atoms with Gasteiger partial charge in [-0.1, -0.05) is 56.2 Å². The zero-order chi connectivity index (χ0) is 17.2. The van der Waals surface area contributed by atoms with E-state index in [4.69, 9.17) is 9.84 Å². The number of carbonyl (C=O) groups is 1.